The Morgan fingerprint density at radius 1 is 1.48 bits per heavy atom. The summed E-state index contributed by atoms with van der Waals surface area (Å²) in [5.74, 6) is 1.16. The normalized spacial score (nSPS) is 17.5. The molecule has 1 aromatic heterocycles. The molecule has 120 valence electrons. The van der Waals surface area contributed by atoms with E-state index in [1.165, 1.54) is 0 Å². The molecule has 0 spiro atoms. The van der Waals surface area contributed by atoms with Crippen LogP contribution >= 0.6 is 0 Å². The zero-order chi connectivity index (χ0) is 16.4. The second-order valence-corrected chi connectivity index (χ2v) is 7.38. The molecule has 1 aliphatic heterocycles. The molecule has 0 amide bonds. The van der Waals surface area contributed by atoms with Gasteiger partial charge >= 0.3 is 0 Å². The molecule has 3 rings (SSSR count). The summed E-state index contributed by atoms with van der Waals surface area (Å²) in [6, 6.07) is 8.29. The van der Waals surface area contributed by atoms with Crippen LogP contribution in [0.25, 0.3) is 0 Å². The van der Waals surface area contributed by atoms with E-state index in [1.807, 2.05) is 6.07 Å². The Labute approximate surface area is 135 Å². The Morgan fingerprint density at radius 2 is 2.30 bits per heavy atom. The van der Waals surface area contributed by atoms with E-state index >= 15 is 0 Å². The van der Waals surface area contributed by atoms with Gasteiger partial charge in [-0.1, -0.05) is 12.1 Å². The Bertz CT molecular complexity index is 866. The molecule has 0 saturated heterocycles. The van der Waals surface area contributed by atoms with Crippen molar-refractivity contribution in [3.05, 3.63) is 47.0 Å². The predicted octanol–water partition coefficient (Wildman–Crippen LogP) is 1.41. The summed E-state index contributed by atoms with van der Waals surface area (Å²) in [4.78, 5) is 4.33. The average molecular weight is 331 g/mol. The fourth-order valence-electron chi connectivity index (χ4n) is 2.79. The lowest BCUT2D eigenvalue weighted by Gasteiger charge is -2.23. The third kappa shape index (κ3) is 3.57. The van der Waals surface area contributed by atoms with Gasteiger partial charge in [0.25, 0.3) is 0 Å². The van der Waals surface area contributed by atoms with Crippen molar-refractivity contribution in [2.24, 2.45) is 0 Å². The molecule has 0 aliphatic carbocycles. The molecule has 0 radical (unpaired) electrons. The summed E-state index contributed by atoms with van der Waals surface area (Å²) < 4.78 is 29.3. The number of nitrogens with zero attached hydrogens (tertiary/aromatic N) is 4. The maximum Gasteiger partial charge on any atom is 0.216 e. The number of nitriles is 1. The molecule has 23 heavy (non-hydrogen) atoms. The molecule has 1 atom stereocenters. The molecule has 1 N–H and O–H groups in total. The van der Waals surface area contributed by atoms with Crippen LogP contribution in [0.2, 0.25) is 0 Å². The van der Waals surface area contributed by atoms with Crippen LogP contribution in [0.1, 0.15) is 41.7 Å². The number of hydrogen-bond donors (Lipinski definition) is 1. The van der Waals surface area contributed by atoms with E-state index in [0.29, 0.717) is 29.2 Å². The zero-order valence-corrected chi connectivity index (χ0v) is 13.5. The largest absolute Gasteiger partial charge is 0.248 e. The molecular formula is C15H17N5O2S. The van der Waals surface area contributed by atoms with Crippen molar-refractivity contribution in [1.29, 1.82) is 5.26 Å². The zero-order valence-electron chi connectivity index (χ0n) is 12.7. The molecule has 1 aliphatic rings. The van der Waals surface area contributed by atoms with Gasteiger partial charge in [0.2, 0.25) is 10.0 Å². The van der Waals surface area contributed by atoms with Crippen LogP contribution in [-0.4, -0.2) is 23.2 Å². The summed E-state index contributed by atoms with van der Waals surface area (Å²) in [5, 5.41) is 13.2. The average Bonchev–Trinajstić information content (AvgIpc) is 2.88. The Balaban J connectivity index is 1.78. The van der Waals surface area contributed by atoms with Gasteiger partial charge in [0, 0.05) is 6.54 Å². The lowest BCUT2D eigenvalue weighted by Crippen LogP contribution is -2.34. The van der Waals surface area contributed by atoms with Crippen LogP contribution in [-0.2, 0) is 22.3 Å². The second-order valence-electron chi connectivity index (χ2n) is 5.62. The molecule has 0 saturated carbocycles. The molecule has 0 bridgehead atoms. The van der Waals surface area contributed by atoms with Gasteiger partial charge in [-0.25, -0.2) is 22.8 Å². The standard InChI is InChI=1S/C15H17N5O2S/c1-11-17-15-14(6-3-7-20(15)18-11)19-23(21,22)10-13-5-2-4-12(8-13)9-16/h2,4-5,8,14,19H,3,6-7,10H2,1H3/t14-/m0/s1. The van der Waals surface area contributed by atoms with Crippen LogP contribution in [0.4, 0.5) is 0 Å². The van der Waals surface area contributed by atoms with Crippen LogP contribution in [0.15, 0.2) is 24.3 Å². The summed E-state index contributed by atoms with van der Waals surface area (Å²) in [5.41, 5.74) is 1.04. The Kier molecular flexibility index (Phi) is 4.15. The van der Waals surface area contributed by atoms with E-state index < -0.39 is 10.0 Å². The number of aromatic nitrogens is 3. The van der Waals surface area contributed by atoms with Gasteiger partial charge < -0.3 is 0 Å². The maximum atomic E-state index is 12.4. The highest BCUT2D eigenvalue weighted by atomic mass is 32.2. The molecule has 0 unspecified atom stereocenters. The minimum Gasteiger partial charge on any atom is -0.248 e. The highest BCUT2D eigenvalue weighted by Gasteiger charge is 2.27. The van der Waals surface area contributed by atoms with Gasteiger partial charge in [-0.2, -0.15) is 10.4 Å². The Hall–Kier alpha value is -2.24. The third-order valence-electron chi connectivity index (χ3n) is 3.72. The van der Waals surface area contributed by atoms with Crippen molar-refractivity contribution in [1.82, 2.24) is 19.5 Å². The van der Waals surface area contributed by atoms with Gasteiger partial charge in [-0.3, -0.25) is 0 Å². The van der Waals surface area contributed by atoms with Crippen molar-refractivity contribution in [2.45, 2.75) is 38.1 Å². The highest BCUT2D eigenvalue weighted by molar-refractivity contribution is 7.88. The first-order valence-corrected chi connectivity index (χ1v) is 9.02. The molecule has 8 heteroatoms. The van der Waals surface area contributed by atoms with Crippen molar-refractivity contribution in [3.63, 3.8) is 0 Å². The SMILES string of the molecule is Cc1nc2n(n1)CCC[C@@H]2NS(=O)(=O)Cc1cccc(C#N)c1. The third-order valence-corrected chi connectivity index (χ3v) is 5.07. The lowest BCUT2D eigenvalue weighted by atomic mass is 10.1. The second kappa shape index (κ2) is 6.10. The number of fused-ring (bicyclic) bond motifs is 1. The predicted molar refractivity (Wildman–Crippen MR) is 83.7 cm³/mol. The van der Waals surface area contributed by atoms with Gasteiger partial charge in [0.1, 0.15) is 11.6 Å². The molecule has 2 aromatic rings. The van der Waals surface area contributed by atoms with Crippen molar-refractivity contribution in [2.75, 3.05) is 0 Å². The van der Waals surface area contributed by atoms with Crippen molar-refractivity contribution in [3.8, 4) is 6.07 Å². The van der Waals surface area contributed by atoms with E-state index in [1.54, 1.807) is 35.9 Å². The first-order chi connectivity index (χ1) is 11.0. The van der Waals surface area contributed by atoms with Crippen LogP contribution in [0, 0.1) is 18.3 Å². The minimum absolute atomic E-state index is 0.161. The smallest absolute Gasteiger partial charge is 0.216 e. The van der Waals surface area contributed by atoms with Gasteiger partial charge in [-0.05, 0) is 37.5 Å². The summed E-state index contributed by atoms with van der Waals surface area (Å²) in [6.07, 6.45) is 1.56. The number of aryl methyl sites for hydroxylation is 2. The van der Waals surface area contributed by atoms with E-state index in [0.717, 1.165) is 13.0 Å². The number of benzene rings is 1. The van der Waals surface area contributed by atoms with E-state index in [4.69, 9.17) is 5.26 Å². The van der Waals surface area contributed by atoms with Crippen LogP contribution in [0.3, 0.4) is 0 Å². The summed E-state index contributed by atoms with van der Waals surface area (Å²) in [6.45, 7) is 2.56. The molecule has 0 fully saturated rings. The fourth-order valence-corrected chi connectivity index (χ4v) is 4.15. The fraction of sp³-hybridized carbons (Fsp3) is 0.400. The van der Waals surface area contributed by atoms with E-state index in [2.05, 4.69) is 14.8 Å². The molecule has 7 nitrogen and oxygen atoms in total. The number of sulfonamides is 1. The number of nitrogens with one attached hydrogen (secondary N) is 1. The summed E-state index contributed by atoms with van der Waals surface area (Å²) in [7, 11) is -3.53. The van der Waals surface area contributed by atoms with Gasteiger partial charge in [0.05, 0.1) is 23.4 Å². The molecular weight excluding hydrogens is 314 g/mol. The van der Waals surface area contributed by atoms with Crippen molar-refractivity contribution < 1.29 is 8.42 Å². The molecule has 2 heterocycles. The van der Waals surface area contributed by atoms with E-state index in [-0.39, 0.29) is 11.8 Å². The minimum atomic E-state index is -3.53. The van der Waals surface area contributed by atoms with Crippen LogP contribution in [0.5, 0.6) is 0 Å². The number of hydrogen-bond acceptors (Lipinski definition) is 5. The lowest BCUT2D eigenvalue weighted by molar-refractivity contribution is 0.399. The highest BCUT2D eigenvalue weighted by Crippen LogP contribution is 2.24. The quantitative estimate of drug-likeness (QED) is 0.913. The first-order valence-electron chi connectivity index (χ1n) is 7.37. The Morgan fingerprint density at radius 3 is 3.09 bits per heavy atom. The van der Waals surface area contributed by atoms with Gasteiger partial charge in [-0.15, -0.1) is 0 Å². The van der Waals surface area contributed by atoms with Crippen molar-refractivity contribution >= 4 is 10.0 Å². The first kappa shape index (κ1) is 15.6. The maximum absolute atomic E-state index is 12.4. The monoisotopic (exact) mass is 331 g/mol. The van der Waals surface area contributed by atoms with Gasteiger partial charge in [0.15, 0.2) is 0 Å². The molecule has 1 aromatic carbocycles. The number of rotatable bonds is 4. The summed E-state index contributed by atoms with van der Waals surface area (Å²) >= 11 is 0. The topological polar surface area (TPSA) is 101 Å². The van der Waals surface area contributed by atoms with Crippen LogP contribution < -0.4 is 4.72 Å². The van der Waals surface area contributed by atoms with E-state index in [9.17, 15) is 8.42 Å².